The first-order valence-electron chi connectivity index (χ1n) is 10.7. The molecule has 0 saturated carbocycles. The summed E-state index contributed by atoms with van der Waals surface area (Å²) >= 11 is 0. The van der Waals surface area contributed by atoms with E-state index in [1.165, 1.54) is 5.56 Å². The molecule has 0 bridgehead atoms. The van der Waals surface area contributed by atoms with Crippen LogP contribution in [0.15, 0.2) is 60.7 Å². The maximum atomic E-state index is 12.8. The highest BCUT2D eigenvalue weighted by Gasteiger charge is 2.28. The van der Waals surface area contributed by atoms with Crippen LogP contribution < -0.4 is 16.0 Å². The molecular weight excluding hydrogens is 376 g/mol. The zero-order valence-corrected chi connectivity index (χ0v) is 17.8. The molecule has 1 atom stereocenters. The number of hydrogen-bond donors (Lipinski definition) is 3. The number of nitrogens with zero attached hydrogens (tertiary/aromatic N) is 1. The summed E-state index contributed by atoms with van der Waals surface area (Å²) in [5.41, 5.74) is 2.01. The van der Waals surface area contributed by atoms with Gasteiger partial charge in [0.2, 0.25) is 5.91 Å². The van der Waals surface area contributed by atoms with Gasteiger partial charge in [-0.15, -0.1) is 0 Å². The number of urea groups is 1. The van der Waals surface area contributed by atoms with Crippen LogP contribution in [-0.4, -0.2) is 42.0 Å². The summed E-state index contributed by atoms with van der Waals surface area (Å²) in [6.45, 7) is 6.73. The monoisotopic (exact) mass is 408 g/mol. The lowest BCUT2D eigenvalue weighted by molar-refractivity contribution is -0.124. The third kappa shape index (κ3) is 6.59. The van der Waals surface area contributed by atoms with E-state index in [4.69, 9.17) is 0 Å². The highest BCUT2D eigenvalue weighted by atomic mass is 16.2. The minimum absolute atomic E-state index is 0.00954. The first kappa shape index (κ1) is 21.8. The molecule has 0 aliphatic carbocycles. The van der Waals surface area contributed by atoms with Crippen molar-refractivity contribution in [3.63, 3.8) is 0 Å². The summed E-state index contributed by atoms with van der Waals surface area (Å²) in [5.74, 6) is -0.126. The van der Waals surface area contributed by atoms with Crippen LogP contribution in [0.5, 0.6) is 0 Å². The fourth-order valence-electron chi connectivity index (χ4n) is 3.73. The number of para-hydroxylation sites is 1. The SMILES string of the molecule is CC(C)[C@@H](NC(=O)Nc1ccccc1)C(=O)NC1CCN(Cc2ccccc2)CC1. The van der Waals surface area contributed by atoms with Gasteiger partial charge in [-0.05, 0) is 36.5 Å². The summed E-state index contributed by atoms with van der Waals surface area (Å²) in [5, 5.41) is 8.75. The molecular formula is C24H32N4O2. The second-order valence-corrected chi connectivity index (χ2v) is 8.23. The van der Waals surface area contributed by atoms with E-state index >= 15 is 0 Å². The van der Waals surface area contributed by atoms with Gasteiger partial charge in [-0.1, -0.05) is 62.4 Å². The van der Waals surface area contributed by atoms with E-state index in [2.05, 4.69) is 45.1 Å². The molecule has 6 nitrogen and oxygen atoms in total. The maximum absolute atomic E-state index is 12.8. The second-order valence-electron chi connectivity index (χ2n) is 8.23. The highest BCUT2D eigenvalue weighted by Crippen LogP contribution is 2.15. The molecule has 1 aliphatic heterocycles. The molecule has 0 unspecified atom stereocenters. The number of nitrogens with one attached hydrogen (secondary N) is 3. The molecule has 1 aliphatic rings. The molecule has 2 aromatic carbocycles. The van der Waals surface area contributed by atoms with Crippen LogP contribution in [0.1, 0.15) is 32.3 Å². The Kier molecular flexibility index (Phi) is 7.85. The Labute approximate surface area is 179 Å². The Morgan fingerprint density at radius 3 is 2.17 bits per heavy atom. The van der Waals surface area contributed by atoms with Crippen LogP contribution in [0.2, 0.25) is 0 Å². The van der Waals surface area contributed by atoms with Crippen molar-refractivity contribution in [2.75, 3.05) is 18.4 Å². The largest absolute Gasteiger partial charge is 0.351 e. The zero-order valence-electron chi connectivity index (χ0n) is 17.8. The summed E-state index contributed by atoms with van der Waals surface area (Å²) < 4.78 is 0. The van der Waals surface area contributed by atoms with Crippen molar-refractivity contribution in [3.05, 3.63) is 66.2 Å². The number of rotatable bonds is 7. The van der Waals surface area contributed by atoms with Crippen molar-refractivity contribution < 1.29 is 9.59 Å². The number of hydrogen-bond acceptors (Lipinski definition) is 3. The summed E-state index contributed by atoms with van der Waals surface area (Å²) in [4.78, 5) is 27.6. The number of amides is 3. The van der Waals surface area contributed by atoms with Crippen LogP contribution in [0.4, 0.5) is 10.5 Å². The average Bonchev–Trinajstić information content (AvgIpc) is 2.74. The van der Waals surface area contributed by atoms with Crippen LogP contribution in [0.25, 0.3) is 0 Å². The first-order valence-corrected chi connectivity index (χ1v) is 10.7. The predicted molar refractivity (Wildman–Crippen MR) is 120 cm³/mol. The van der Waals surface area contributed by atoms with Gasteiger partial charge >= 0.3 is 6.03 Å². The number of piperidine rings is 1. The fourth-order valence-corrected chi connectivity index (χ4v) is 3.73. The third-order valence-corrected chi connectivity index (χ3v) is 5.45. The van der Waals surface area contributed by atoms with Gasteiger partial charge in [-0.2, -0.15) is 0 Å². The van der Waals surface area contributed by atoms with Crippen molar-refractivity contribution in [2.45, 2.75) is 45.3 Å². The lowest BCUT2D eigenvalue weighted by Gasteiger charge is -2.33. The summed E-state index contributed by atoms with van der Waals surface area (Å²) in [6, 6.07) is 18.9. The number of anilines is 1. The third-order valence-electron chi connectivity index (χ3n) is 5.45. The van der Waals surface area contributed by atoms with E-state index in [9.17, 15) is 9.59 Å². The molecule has 2 aromatic rings. The van der Waals surface area contributed by atoms with Crippen LogP contribution in [0, 0.1) is 5.92 Å². The topological polar surface area (TPSA) is 73.5 Å². The number of carbonyl (C=O) groups is 2. The van der Waals surface area contributed by atoms with E-state index in [0.29, 0.717) is 5.69 Å². The second kappa shape index (κ2) is 10.8. The molecule has 160 valence electrons. The van der Waals surface area contributed by atoms with Crippen molar-refractivity contribution in [1.82, 2.24) is 15.5 Å². The molecule has 30 heavy (non-hydrogen) atoms. The predicted octanol–water partition coefficient (Wildman–Crippen LogP) is 3.61. The van der Waals surface area contributed by atoms with Gasteiger partial charge in [-0.25, -0.2) is 4.79 Å². The molecule has 3 rings (SSSR count). The minimum Gasteiger partial charge on any atom is -0.351 e. The van der Waals surface area contributed by atoms with Crippen molar-refractivity contribution in [1.29, 1.82) is 0 Å². The van der Waals surface area contributed by atoms with E-state index in [1.54, 1.807) is 0 Å². The molecule has 3 amide bonds. The van der Waals surface area contributed by atoms with Crippen molar-refractivity contribution in [2.24, 2.45) is 5.92 Å². The lowest BCUT2D eigenvalue weighted by atomic mass is 10.0. The summed E-state index contributed by atoms with van der Waals surface area (Å²) in [7, 11) is 0. The van der Waals surface area contributed by atoms with Crippen LogP contribution >= 0.6 is 0 Å². The quantitative estimate of drug-likeness (QED) is 0.655. The Hall–Kier alpha value is -2.86. The normalized spacial score (nSPS) is 16.1. The van der Waals surface area contributed by atoms with Gasteiger partial charge in [0.05, 0.1) is 0 Å². The number of benzene rings is 2. The van der Waals surface area contributed by atoms with Gasteiger partial charge in [0.15, 0.2) is 0 Å². The standard InChI is InChI=1S/C24H32N4O2/c1-18(2)22(27-24(30)26-20-11-7-4-8-12-20)23(29)25-21-13-15-28(16-14-21)17-19-9-5-3-6-10-19/h3-12,18,21-22H,13-17H2,1-2H3,(H,25,29)(H2,26,27,30)/t22-/m1/s1. The van der Waals surface area contributed by atoms with Gasteiger partial charge in [0.25, 0.3) is 0 Å². The Morgan fingerprint density at radius 2 is 1.57 bits per heavy atom. The van der Waals surface area contributed by atoms with Crippen LogP contribution in [0.3, 0.4) is 0 Å². The van der Waals surface area contributed by atoms with E-state index in [0.717, 1.165) is 32.5 Å². The Bertz CT molecular complexity index is 802. The van der Waals surface area contributed by atoms with E-state index in [1.807, 2.05) is 50.2 Å². The Morgan fingerprint density at radius 1 is 0.967 bits per heavy atom. The van der Waals surface area contributed by atoms with Gasteiger partial charge in [0.1, 0.15) is 6.04 Å². The number of carbonyl (C=O) groups excluding carboxylic acids is 2. The Balaban J connectivity index is 1.46. The van der Waals surface area contributed by atoms with Crippen molar-refractivity contribution in [3.8, 4) is 0 Å². The minimum atomic E-state index is -0.573. The molecule has 0 spiro atoms. The molecule has 3 N–H and O–H groups in total. The van der Waals surface area contributed by atoms with Gasteiger partial charge < -0.3 is 16.0 Å². The maximum Gasteiger partial charge on any atom is 0.319 e. The summed E-state index contributed by atoms with van der Waals surface area (Å²) in [6.07, 6.45) is 1.83. The fraction of sp³-hybridized carbons (Fsp3) is 0.417. The van der Waals surface area contributed by atoms with Crippen molar-refractivity contribution >= 4 is 17.6 Å². The smallest absolute Gasteiger partial charge is 0.319 e. The molecule has 6 heteroatoms. The molecule has 1 saturated heterocycles. The average molecular weight is 409 g/mol. The molecule has 0 radical (unpaired) electrons. The highest BCUT2D eigenvalue weighted by molar-refractivity contribution is 5.93. The molecule has 1 heterocycles. The lowest BCUT2D eigenvalue weighted by Crippen LogP contribution is -2.54. The number of likely N-dealkylation sites (tertiary alicyclic amines) is 1. The van der Waals surface area contributed by atoms with Gasteiger partial charge in [0, 0.05) is 31.4 Å². The zero-order chi connectivity index (χ0) is 21.3. The molecule has 1 fully saturated rings. The van der Waals surface area contributed by atoms with E-state index < -0.39 is 6.04 Å². The van der Waals surface area contributed by atoms with E-state index in [-0.39, 0.29) is 23.9 Å². The first-order chi connectivity index (χ1) is 14.5. The van der Waals surface area contributed by atoms with Crippen LogP contribution in [-0.2, 0) is 11.3 Å². The molecule has 0 aromatic heterocycles. The van der Waals surface area contributed by atoms with Gasteiger partial charge in [-0.3, -0.25) is 9.69 Å².